The molecule has 2 aromatic heterocycles. The van der Waals surface area contributed by atoms with Gasteiger partial charge in [0.1, 0.15) is 18.1 Å². The number of carbonyl (C=O) groups is 1. The number of hydrogen-bond donors (Lipinski definition) is 1. The molecule has 0 aliphatic rings. The normalized spacial score (nSPS) is 10.8. The van der Waals surface area contributed by atoms with E-state index < -0.39 is 5.97 Å². The molecule has 0 atom stereocenters. The predicted octanol–water partition coefficient (Wildman–Crippen LogP) is 2.06. The van der Waals surface area contributed by atoms with E-state index in [0.717, 1.165) is 0 Å². The third kappa shape index (κ3) is 4.52. The van der Waals surface area contributed by atoms with Crippen LogP contribution in [0, 0.1) is 0 Å². The monoisotopic (exact) mass is 393 g/mol. The largest absolute Gasteiger partial charge is 0.497 e. The van der Waals surface area contributed by atoms with E-state index in [1.807, 2.05) is 12.1 Å². The molecule has 0 bridgehead atoms. The summed E-state index contributed by atoms with van der Waals surface area (Å²) in [6, 6.07) is 8.57. The molecular weight excluding hydrogens is 378 g/mol. The molecule has 3 rings (SSSR count). The molecule has 26 heavy (non-hydrogen) atoms. The lowest BCUT2D eigenvalue weighted by atomic mass is 10.3. The lowest BCUT2D eigenvalue weighted by molar-refractivity contribution is -0.133. The molecule has 0 amide bonds. The number of nitrogens with zero attached hydrogens (tertiary/aromatic N) is 3. The number of fused-ring (bicyclic) bond motifs is 1. The van der Waals surface area contributed by atoms with Crippen LogP contribution in [0.4, 0.5) is 0 Å². The number of aromatic nitrogens is 3. The fraction of sp³-hybridized carbons (Fsp3) is 0.250. The van der Waals surface area contributed by atoms with Crippen LogP contribution in [0.25, 0.3) is 4.96 Å². The molecule has 1 aromatic carbocycles. The van der Waals surface area contributed by atoms with E-state index in [1.165, 1.54) is 33.7 Å². The Morgan fingerprint density at radius 3 is 2.92 bits per heavy atom. The minimum Gasteiger partial charge on any atom is -0.497 e. The molecule has 8 nitrogen and oxygen atoms in total. The van der Waals surface area contributed by atoms with Crippen LogP contribution in [0.5, 0.6) is 11.5 Å². The number of carboxylic acids is 1. The standard InChI is InChI=1S/C16H15N3O5S2/c1-23-11-3-2-4-12(6-11)24-7-13-18-19-14(20)5-10(17-16(19)26-13)8-25-9-15(21)22/h2-6H,7-9H2,1H3,(H,21,22). The summed E-state index contributed by atoms with van der Waals surface area (Å²) in [6.45, 7) is 0.198. The topological polar surface area (TPSA) is 103 Å². The van der Waals surface area contributed by atoms with Crippen LogP contribution in [-0.2, 0) is 17.2 Å². The van der Waals surface area contributed by atoms with E-state index in [2.05, 4.69) is 10.1 Å². The number of benzene rings is 1. The number of aliphatic carboxylic acids is 1. The molecule has 10 heteroatoms. The first-order valence-corrected chi connectivity index (χ1v) is 9.47. The van der Waals surface area contributed by atoms with Gasteiger partial charge in [0.2, 0.25) is 4.96 Å². The molecule has 136 valence electrons. The van der Waals surface area contributed by atoms with Gasteiger partial charge in [-0.25, -0.2) is 4.98 Å². The molecule has 0 aliphatic heterocycles. The average Bonchev–Trinajstić information content (AvgIpc) is 3.03. The van der Waals surface area contributed by atoms with E-state index in [-0.39, 0.29) is 17.9 Å². The zero-order chi connectivity index (χ0) is 18.5. The quantitative estimate of drug-likeness (QED) is 0.620. The summed E-state index contributed by atoms with van der Waals surface area (Å²) in [5, 5.41) is 13.5. The van der Waals surface area contributed by atoms with Crippen LogP contribution in [0.15, 0.2) is 35.1 Å². The van der Waals surface area contributed by atoms with Crippen molar-refractivity contribution in [2.45, 2.75) is 12.4 Å². The first-order chi connectivity index (χ1) is 12.5. The van der Waals surface area contributed by atoms with Gasteiger partial charge in [-0.3, -0.25) is 9.59 Å². The summed E-state index contributed by atoms with van der Waals surface area (Å²) in [5.74, 6) is 0.736. The summed E-state index contributed by atoms with van der Waals surface area (Å²) in [6.07, 6.45) is 0. The van der Waals surface area contributed by atoms with Gasteiger partial charge >= 0.3 is 5.97 Å². The van der Waals surface area contributed by atoms with Crippen LogP contribution in [-0.4, -0.2) is 38.5 Å². The van der Waals surface area contributed by atoms with Gasteiger partial charge < -0.3 is 14.6 Å². The third-order valence-electron chi connectivity index (χ3n) is 3.22. The minimum atomic E-state index is -0.900. The maximum Gasteiger partial charge on any atom is 0.313 e. The zero-order valence-electron chi connectivity index (χ0n) is 13.7. The van der Waals surface area contributed by atoms with Gasteiger partial charge in [-0.05, 0) is 12.1 Å². The number of methoxy groups -OCH3 is 1. The first kappa shape index (κ1) is 18.2. The Balaban J connectivity index is 1.72. The van der Waals surface area contributed by atoms with Crippen LogP contribution in [0.1, 0.15) is 10.7 Å². The van der Waals surface area contributed by atoms with Gasteiger partial charge in [0.05, 0.1) is 18.6 Å². The van der Waals surface area contributed by atoms with Crippen molar-refractivity contribution < 1.29 is 19.4 Å². The minimum absolute atomic E-state index is 0.0383. The first-order valence-electron chi connectivity index (χ1n) is 7.50. The molecule has 1 N–H and O–H groups in total. The fourth-order valence-electron chi connectivity index (χ4n) is 2.11. The Labute approximate surface area is 156 Å². The molecule has 0 aliphatic carbocycles. The van der Waals surface area contributed by atoms with Crippen LogP contribution >= 0.6 is 23.1 Å². The van der Waals surface area contributed by atoms with Crippen LogP contribution in [0.3, 0.4) is 0 Å². The molecule has 0 saturated carbocycles. The van der Waals surface area contributed by atoms with Crippen LogP contribution < -0.4 is 15.0 Å². The smallest absolute Gasteiger partial charge is 0.313 e. The Bertz CT molecular complexity index is 985. The third-order valence-corrected chi connectivity index (χ3v) is 5.05. The molecule has 3 aromatic rings. The number of thioether (sulfide) groups is 1. The number of rotatable bonds is 8. The van der Waals surface area contributed by atoms with E-state index in [9.17, 15) is 9.59 Å². The highest BCUT2D eigenvalue weighted by atomic mass is 32.2. The maximum absolute atomic E-state index is 12.2. The highest BCUT2D eigenvalue weighted by Gasteiger charge is 2.10. The average molecular weight is 393 g/mol. The SMILES string of the molecule is COc1cccc(OCc2nn3c(=O)cc(CSCC(=O)O)nc3s2)c1. The number of hydrogen-bond acceptors (Lipinski definition) is 8. The lowest BCUT2D eigenvalue weighted by Gasteiger charge is -2.05. The van der Waals surface area contributed by atoms with Gasteiger partial charge in [0, 0.05) is 17.9 Å². The van der Waals surface area contributed by atoms with Gasteiger partial charge in [0.15, 0.2) is 5.01 Å². The van der Waals surface area contributed by atoms with Crippen molar-refractivity contribution in [1.29, 1.82) is 0 Å². The van der Waals surface area contributed by atoms with E-state index in [4.69, 9.17) is 14.6 Å². The van der Waals surface area contributed by atoms with Crippen molar-refractivity contribution in [2.75, 3.05) is 12.9 Å². The van der Waals surface area contributed by atoms with Crippen molar-refractivity contribution in [3.8, 4) is 11.5 Å². The Kier molecular flexibility index (Phi) is 5.74. The predicted molar refractivity (Wildman–Crippen MR) is 98.3 cm³/mol. The summed E-state index contributed by atoms with van der Waals surface area (Å²) >= 11 is 2.44. The van der Waals surface area contributed by atoms with E-state index in [1.54, 1.807) is 19.2 Å². The number of carboxylic acid groups (broad SMARTS) is 1. The number of ether oxygens (including phenoxy) is 2. The Hall–Kier alpha value is -2.59. The van der Waals surface area contributed by atoms with E-state index >= 15 is 0 Å². The van der Waals surface area contributed by atoms with Crippen molar-refractivity contribution >= 4 is 34.0 Å². The lowest BCUT2D eigenvalue weighted by Crippen LogP contribution is -2.15. The summed E-state index contributed by atoms with van der Waals surface area (Å²) < 4.78 is 12.0. The van der Waals surface area contributed by atoms with Crippen molar-refractivity contribution in [2.24, 2.45) is 0 Å². The molecule has 0 radical (unpaired) electrons. The van der Waals surface area contributed by atoms with Crippen molar-refractivity contribution in [3.63, 3.8) is 0 Å². The van der Waals surface area contributed by atoms with E-state index in [0.29, 0.717) is 32.9 Å². The second-order valence-corrected chi connectivity index (χ2v) is 7.16. The molecule has 0 unspecified atom stereocenters. The highest BCUT2D eigenvalue weighted by molar-refractivity contribution is 7.99. The molecule has 2 heterocycles. The van der Waals surface area contributed by atoms with Crippen LogP contribution in [0.2, 0.25) is 0 Å². The highest BCUT2D eigenvalue weighted by Crippen LogP contribution is 2.21. The molecule has 0 saturated heterocycles. The second kappa shape index (κ2) is 8.19. The maximum atomic E-state index is 12.2. The van der Waals surface area contributed by atoms with Crippen molar-refractivity contribution in [3.05, 3.63) is 51.4 Å². The van der Waals surface area contributed by atoms with Gasteiger partial charge in [-0.1, -0.05) is 17.4 Å². The summed E-state index contributed by atoms with van der Waals surface area (Å²) in [5.41, 5.74) is 0.231. The van der Waals surface area contributed by atoms with Crippen molar-refractivity contribution in [1.82, 2.24) is 14.6 Å². The Morgan fingerprint density at radius 2 is 2.15 bits per heavy atom. The molecule has 0 spiro atoms. The molecule has 0 fully saturated rings. The van der Waals surface area contributed by atoms with Gasteiger partial charge in [-0.15, -0.1) is 11.8 Å². The summed E-state index contributed by atoms with van der Waals surface area (Å²) in [4.78, 5) is 27.5. The van der Waals surface area contributed by atoms with Gasteiger partial charge in [-0.2, -0.15) is 9.61 Å². The summed E-state index contributed by atoms with van der Waals surface area (Å²) in [7, 11) is 1.58. The van der Waals surface area contributed by atoms with Gasteiger partial charge in [0.25, 0.3) is 5.56 Å². The fourth-order valence-corrected chi connectivity index (χ4v) is 3.57. The molecular formula is C16H15N3O5S2. The second-order valence-electron chi connectivity index (χ2n) is 5.13. The zero-order valence-corrected chi connectivity index (χ0v) is 15.4. The Morgan fingerprint density at radius 1 is 1.35 bits per heavy atom.